The van der Waals surface area contributed by atoms with Crippen molar-refractivity contribution in [3.63, 3.8) is 0 Å². The van der Waals surface area contributed by atoms with Crippen LogP contribution in [0.25, 0.3) is 11.0 Å². The molecule has 0 bridgehead atoms. The quantitative estimate of drug-likeness (QED) is 0.912. The fraction of sp³-hybridized carbons (Fsp3) is 0.417. The van der Waals surface area contributed by atoms with Crippen LogP contribution < -0.4 is 5.73 Å². The summed E-state index contributed by atoms with van der Waals surface area (Å²) in [6, 6.07) is 6.50. The Morgan fingerprint density at radius 3 is 2.94 bits per heavy atom. The lowest BCUT2D eigenvalue weighted by molar-refractivity contribution is 0.172. The molecule has 0 saturated heterocycles. The van der Waals surface area contributed by atoms with E-state index in [-0.39, 0.29) is 6.54 Å². The van der Waals surface area contributed by atoms with Crippen molar-refractivity contribution in [2.45, 2.75) is 25.0 Å². The molecule has 90 valence electrons. The van der Waals surface area contributed by atoms with Gasteiger partial charge in [-0.25, -0.2) is 4.98 Å². The normalized spacial score (nSPS) is 17.6. The Hall–Kier alpha value is -0.910. The van der Waals surface area contributed by atoms with E-state index in [0.717, 1.165) is 28.3 Å². The molecule has 1 unspecified atom stereocenters. The molecule has 17 heavy (non-hydrogen) atoms. The van der Waals surface area contributed by atoms with Gasteiger partial charge in [-0.2, -0.15) is 0 Å². The zero-order valence-electron chi connectivity index (χ0n) is 9.31. The topological polar surface area (TPSA) is 64.1 Å². The van der Waals surface area contributed by atoms with Crippen LogP contribution in [0.1, 0.15) is 30.8 Å². The van der Waals surface area contributed by atoms with E-state index >= 15 is 0 Å². The van der Waals surface area contributed by atoms with Gasteiger partial charge in [-0.05, 0) is 31.0 Å². The zero-order chi connectivity index (χ0) is 12.0. The second kappa shape index (κ2) is 4.08. The first kappa shape index (κ1) is 11.2. The molecule has 2 aromatic rings. The van der Waals surface area contributed by atoms with Gasteiger partial charge < -0.3 is 15.4 Å². The lowest BCUT2D eigenvalue weighted by Crippen LogP contribution is -2.16. The third kappa shape index (κ3) is 1.88. The number of nitrogens with two attached hydrogens (primary N) is 1. The van der Waals surface area contributed by atoms with Crippen molar-refractivity contribution in [2.75, 3.05) is 6.54 Å². The fourth-order valence-electron chi connectivity index (χ4n) is 2.15. The Morgan fingerprint density at radius 1 is 1.53 bits per heavy atom. The zero-order valence-corrected chi connectivity index (χ0v) is 10.9. The van der Waals surface area contributed by atoms with Crippen LogP contribution >= 0.6 is 15.9 Å². The maximum atomic E-state index is 9.94. The molecule has 1 atom stereocenters. The molecule has 4 nitrogen and oxygen atoms in total. The van der Waals surface area contributed by atoms with Crippen LogP contribution in [0.3, 0.4) is 0 Å². The minimum Gasteiger partial charge on any atom is -0.384 e. The first-order valence-corrected chi connectivity index (χ1v) is 6.55. The van der Waals surface area contributed by atoms with Crippen LogP contribution in [0.5, 0.6) is 0 Å². The monoisotopic (exact) mass is 295 g/mol. The van der Waals surface area contributed by atoms with E-state index in [1.165, 1.54) is 0 Å². The summed E-state index contributed by atoms with van der Waals surface area (Å²) in [5, 5.41) is 9.94. The maximum absolute atomic E-state index is 9.94. The standard InChI is InChI=1S/C12H14BrN3O/c13-7-1-4-10-9(5-7)15-12(11(17)6-14)16(10)8-2-3-8/h1,4-5,8,11,17H,2-3,6,14H2. The van der Waals surface area contributed by atoms with E-state index in [9.17, 15) is 5.11 Å². The predicted octanol–water partition coefficient (Wildman–Crippen LogP) is 2.13. The van der Waals surface area contributed by atoms with E-state index in [2.05, 4.69) is 25.5 Å². The first-order chi connectivity index (χ1) is 8.20. The molecular weight excluding hydrogens is 282 g/mol. The van der Waals surface area contributed by atoms with Crippen LogP contribution in [-0.2, 0) is 0 Å². The summed E-state index contributed by atoms with van der Waals surface area (Å²) in [6.07, 6.45) is 1.64. The number of imidazole rings is 1. The molecule has 0 spiro atoms. The average molecular weight is 296 g/mol. The number of aromatic nitrogens is 2. The fourth-order valence-corrected chi connectivity index (χ4v) is 2.50. The molecule has 1 aromatic carbocycles. The van der Waals surface area contributed by atoms with E-state index in [0.29, 0.717) is 11.9 Å². The first-order valence-electron chi connectivity index (χ1n) is 5.76. The summed E-state index contributed by atoms with van der Waals surface area (Å²) < 4.78 is 3.14. The van der Waals surface area contributed by atoms with Crippen LogP contribution in [0.4, 0.5) is 0 Å². The molecule has 1 saturated carbocycles. The van der Waals surface area contributed by atoms with Crippen molar-refractivity contribution < 1.29 is 5.11 Å². The van der Waals surface area contributed by atoms with Gasteiger partial charge in [0, 0.05) is 17.1 Å². The van der Waals surface area contributed by atoms with Crippen molar-refractivity contribution in [1.82, 2.24) is 9.55 Å². The third-order valence-corrected chi connectivity index (χ3v) is 3.61. The molecule has 0 amide bonds. The van der Waals surface area contributed by atoms with E-state index in [1.54, 1.807) is 0 Å². The summed E-state index contributed by atoms with van der Waals surface area (Å²) in [4.78, 5) is 4.51. The molecule has 3 rings (SSSR count). The van der Waals surface area contributed by atoms with Crippen molar-refractivity contribution in [2.24, 2.45) is 5.73 Å². The van der Waals surface area contributed by atoms with Gasteiger partial charge in [0.2, 0.25) is 0 Å². The number of nitrogens with zero attached hydrogens (tertiary/aromatic N) is 2. The number of aliphatic hydroxyl groups is 1. The second-order valence-electron chi connectivity index (χ2n) is 4.46. The van der Waals surface area contributed by atoms with Crippen molar-refractivity contribution in [3.8, 4) is 0 Å². The number of aliphatic hydroxyl groups excluding tert-OH is 1. The smallest absolute Gasteiger partial charge is 0.140 e. The molecule has 1 heterocycles. The predicted molar refractivity (Wildman–Crippen MR) is 69.7 cm³/mol. The second-order valence-corrected chi connectivity index (χ2v) is 5.37. The van der Waals surface area contributed by atoms with Gasteiger partial charge in [0.25, 0.3) is 0 Å². The molecule has 0 radical (unpaired) electrons. The number of hydrogen-bond acceptors (Lipinski definition) is 3. The lowest BCUT2D eigenvalue weighted by atomic mass is 10.3. The average Bonchev–Trinajstić information content (AvgIpc) is 3.09. The largest absolute Gasteiger partial charge is 0.384 e. The Morgan fingerprint density at radius 2 is 2.29 bits per heavy atom. The van der Waals surface area contributed by atoms with Gasteiger partial charge in [-0.15, -0.1) is 0 Å². The van der Waals surface area contributed by atoms with Crippen molar-refractivity contribution in [3.05, 3.63) is 28.5 Å². The molecular formula is C12H14BrN3O. The highest BCUT2D eigenvalue weighted by molar-refractivity contribution is 9.10. The maximum Gasteiger partial charge on any atom is 0.140 e. The molecule has 1 aliphatic rings. The van der Waals surface area contributed by atoms with Crippen LogP contribution in [-0.4, -0.2) is 21.2 Å². The molecule has 3 N–H and O–H groups in total. The van der Waals surface area contributed by atoms with Crippen LogP contribution in [0.15, 0.2) is 22.7 Å². The summed E-state index contributed by atoms with van der Waals surface area (Å²) in [6.45, 7) is 0.206. The van der Waals surface area contributed by atoms with E-state index in [4.69, 9.17) is 5.73 Å². The van der Waals surface area contributed by atoms with Gasteiger partial charge in [0.05, 0.1) is 11.0 Å². The summed E-state index contributed by atoms with van der Waals surface area (Å²) in [7, 11) is 0. The van der Waals surface area contributed by atoms with Gasteiger partial charge >= 0.3 is 0 Å². The highest BCUT2D eigenvalue weighted by Gasteiger charge is 2.30. The Kier molecular flexibility index (Phi) is 2.69. The van der Waals surface area contributed by atoms with Crippen LogP contribution in [0.2, 0.25) is 0 Å². The SMILES string of the molecule is NCC(O)c1nc2cc(Br)ccc2n1C1CC1. The minimum absolute atomic E-state index is 0.206. The minimum atomic E-state index is -0.679. The highest BCUT2D eigenvalue weighted by atomic mass is 79.9. The number of fused-ring (bicyclic) bond motifs is 1. The summed E-state index contributed by atoms with van der Waals surface area (Å²) >= 11 is 3.44. The lowest BCUT2D eigenvalue weighted by Gasteiger charge is -2.11. The Labute approximate surface area is 108 Å². The number of hydrogen-bond donors (Lipinski definition) is 2. The van der Waals surface area contributed by atoms with Gasteiger partial charge in [0.1, 0.15) is 11.9 Å². The van der Waals surface area contributed by atoms with E-state index < -0.39 is 6.10 Å². The number of benzene rings is 1. The van der Waals surface area contributed by atoms with Crippen molar-refractivity contribution in [1.29, 1.82) is 0 Å². The van der Waals surface area contributed by atoms with Gasteiger partial charge in [-0.3, -0.25) is 0 Å². The molecule has 5 heteroatoms. The Balaban J connectivity index is 2.22. The molecule has 0 aliphatic heterocycles. The molecule has 1 aromatic heterocycles. The number of halogens is 1. The van der Waals surface area contributed by atoms with Gasteiger partial charge in [-0.1, -0.05) is 15.9 Å². The van der Waals surface area contributed by atoms with E-state index in [1.807, 2.05) is 18.2 Å². The summed E-state index contributed by atoms with van der Waals surface area (Å²) in [5.74, 6) is 0.697. The third-order valence-electron chi connectivity index (χ3n) is 3.11. The Bertz CT molecular complexity index is 562. The molecule has 1 fully saturated rings. The molecule has 1 aliphatic carbocycles. The van der Waals surface area contributed by atoms with Gasteiger partial charge in [0.15, 0.2) is 0 Å². The van der Waals surface area contributed by atoms with Crippen LogP contribution in [0, 0.1) is 0 Å². The summed E-state index contributed by atoms with van der Waals surface area (Å²) in [5.41, 5.74) is 7.53. The number of rotatable bonds is 3. The highest BCUT2D eigenvalue weighted by Crippen LogP contribution is 2.40. The van der Waals surface area contributed by atoms with Crippen molar-refractivity contribution >= 4 is 27.0 Å².